The molecule has 7 heteroatoms. The van der Waals surface area contributed by atoms with Crippen LogP contribution in [0.25, 0.3) is 0 Å². The van der Waals surface area contributed by atoms with Gasteiger partial charge >= 0.3 is 12.0 Å². The summed E-state index contributed by atoms with van der Waals surface area (Å²) in [7, 11) is 0. The molecule has 22 heavy (non-hydrogen) atoms. The van der Waals surface area contributed by atoms with Gasteiger partial charge in [0.15, 0.2) is 0 Å². The SMILES string of the molecule is CCCN(CC(=O)O)C(=O)CNC(=O)Nc1cccc(C)c1. The highest BCUT2D eigenvalue weighted by Gasteiger charge is 2.16. The van der Waals surface area contributed by atoms with Gasteiger partial charge in [-0.1, -0.05) is 19.1 Å². The van der Waals surface area contributed by atoms with Crippen LogP contribution < -0.4 is 10.6 Å². The zero-order valence-corrected chi connectivity index (χ0v) is 12.8. The normalized spacial score (nSPS) is 9.91. The maximum Gasteiger partial charge on any atom is 0.323 e. The lowest BCUT2D eigenvalue weighted by Crippen LogP contribution is -2.43. The Kier molecular flexibility index (Phi) is 6.88. The van der Waals surface area contributed by atoms with Crippen LogP contribution in [0.4, 0.5) is 10.5 Å². The molecule has 0 aromatic heterocycles. The van der Waals surface area contributed by atoms with Crippen molar-refractivity contribution in [1.29, 1.82) is 0 Å². The number of rotatable bonds is 7. The first-order chi connectivity index (χ1) is 10.4. The minimum Gasteiger partial charge on any atom is -0.480 e. The van der Waals surface area contributed by atoms with Gasteiger partial charge in [0.2, 0.25) is 5.91 Å². The summed E-state index contributed by atoms with van der Waals surface area (Å²) >= 11 is 0. The van der Waals surface area contributed by atoms with Crippen molar-refractivity contribution in [3.05, 3.63) is 29.8 Å². The molecule has 0 heterocycles. The number of benzene rings is 1. The highest BCUT2D eigenvalue weighted by atomic mass is 16.4. The van der Waals surface area contributed by atoms with Crippen molar-refractivity contribution in [3.63, 3.8) is 0 Å². The van der Waals surface area contributed by atoms with Gasteiger partial charge in [0.25, 0.3) is 0 Å². The maximum absolute atomic E-state index is 11.9. The van der Waals surface area contributed by atoms with Crippen LogP contribution in [0.5, 0.6) is 0 Å². The smallest absolute Gasteiger partial charge is 0.323 e. The van der Waals surface area contributed by atoms with Gasteiger partial charge in [-0.15, -0.1) is 0 Å². The van der Waals surface area contributed by atoms with Crippen molar-refractivity contribution in [2.24, 2.45) is 0 Å². The third-order valence-corrected chi connectivity index (χ3v) is 2.85. The Morgan fingerprint density at radius 2 is 2.00 bits per heavy atom. The molecule has 3 N–H and O–H groups in total. The molecule has 3 amide bonds. The average molecular weight is 307 g/mol. The molecule has 0 radical (unpaired) electrons. The number of aliphatic carboxylic acids is 1. The number of nitrogens with one attached hydrogen (secondary N) is 2. The molecule has 0 atom stereocenters. The lowest BCUT2D eigenvalue weighted by molar-refractivity contribution is -0.144. The van der Waals surface area contributed by atoms with E-state index in [1.54, 1.807) is 12.1 Å². The van der Waals surface area contributed by atoms with Gasteiger partial charge in [0.05, 0.1) is 6.54 Å². The molecule has 1 aromatic carbocycles. The topological polar surface area (TPSA) is 98.7 Å². The Hall–Kier alpha value is -2.57. The number of aryl methyl sites for hydroxylation is 1. The second-order valence-corrected chi connectivity index (χ2v) is 4.89. The molecule has 0 spiro atoms. The molecular weight excluding hydrogens is 286 g/mol. The van der Waals surface area contributed by atoms with Gasteiger partial charge in [-0.2, -0.15) is 0 Å². The Labute approximate surface area is 129 Å². The quantitative estimate of drug-likeness (QED) is 0.710. The van der Waals surface area contributed by atoms with Gasteiger partial charge in [-0.25, -0.2) is 4.79 Å². The number of nitrogens with zero attached hydrogens (tertiary/aromatic N) is 1. The number of urea groups is 1. The second-order valence-electron chi connectivity index (χ2n) is 4.89. The zero-order valence-electron chi connectivity index (χ0n) is 12.8. The van der Waals surface area contributed by atoms with E-state index in [-0.39, 0.29) is 13.1 Å². The molecule has 7 nitrogen and oxygen atoms in total. The van der Waals surface area contributed by atoms with Crippen molar-refractivity contribution >= 4 is 23.6 Å². The molecule has 0 saturated heterocycles. The van der Waals surface area contributed by atoms with Gasteiger partial charge in [-0.3, -0.25) is 9.59 Å². The highest BCUT2D eigenvalue weighted by Crippen LogP contribution is 2.08. The van der Waals surface area contributed by atoms with Crippen LogP contribution >= 0.6 is 0 Å². The first kappa shape index (κ1) is 17.5. The minimum atomic E-state index is -1.08. The third-order valence-electron chi connectivity index (χ3n) is 2.85. The summed E-state index contributed by atoms with van der Waals surface area (Å²) in [4.78, 5) is 35.5. The standard InChI is InChI=1S/C15H21N3O4/c1-3-7-18(10-14(20)21)13(19)9-16-15(22)17-12-6-4-5-11(2)8-12/h4-6,8H,3,7,9-10H2,1-2H3,(H,20,21)(H2,16,17,22). The van der Waals surface area contributed by atoms with E-state index in [2.05, 4.69) is 10.6 Å². The van der Waals surface area contributed by atoms with Gasteiger partial charge in [0.1, 0.15) is 6.54 Å². The number of amides is 3. The fourth-order valence-electron chi connectivity index (χ4n) is 1.89. The van der Waals surface area contributed by atoms with E-state index in [0.717, 1.165) is 5.56 Å². The van der Waals surface area contributed by atoms with Crippen molar-refractivity contribution < 1.29 is 19.5 Å². The molecule has 120 valence electrons. The van der Waals surface area contributed by atoms with Crippen molar-refractivity contribution in [3.8, 4) is 0 Å². The highest BCUT2D eigenvalue weighted by molar-refractivity contribution is 5.92. The summed E-state index contributed by atoms with van der Waals surface area (Å²) in [5.74, 6) is -1.50. The summed E-state index contributed by atoms with van der Waals surface area (Å²) in [5.41, 5.74) is 1.63. The zero-order chi connectivity index (χ0) is 16.5. The van der Waals surface area contributed by atoms with Gasteiger partial charge in [-0.05, 0) is 31.0 Å². The summed E-state index contributed by atoms with van der Waals surface area (Å²) in [5, 5.41) is 13.8. The number of carbonyl (C=O) groups is 3. The average Bonchev–Trinajstić information content (AvgIpc) is 2.44. The lowest BCUT2D eigenvalue weighted by atomic mass is 10.2. The molecule has 0 saturated carbocycles. The molecule has 0 aliphatic carbocycles. The summed E-state index contributed by atoms with van der Waals surface area (Å²) in [6.45, 7) is 3.48. The van der Waals surface area contributed by atoms with E-state index in [1.165, 1.54) is 4.90 Å². The van der Waals surface area contributed by atoms with E-state index >= 15 is 0 Å². The van der Waals surface area contributed by atoms with Crippen LogP contribution in [0, 0.1) is 6.92 Å². The molecule has 1 rings (SSSR count). The first-order valence-electron chi connectivity index (χ1n) is 7.03. The fourth-order valence-corrected chi connectivity index (χ4v) is 1.89. The summed E-state index contributed by atoms with van der Waals surface area (Å²) in [6, 6.07) is 6.75. The molecule has 0 aliphatic rings. The minimum absolute atomic E-state index is 0.245. The Morgan fingerprint density at radius 3 is 2.59 bits per heavy atom. The number of hydrogen-bond donors (Lipinski definition) is 3. The van der Waals surface area contributed by atoms with Crippen LogP contribution in [-0.2, 0) is 9.59 Å². The van der Waals surface area contributed by atoms with Crippen molar-refractivity contribution in [1.82, 2.24) is 10.2 Å². The van der Waals surface area contributed by atoms with Gasteiger partial charge in [0, 0.05) is 12.2 Å². The molecule has 1 aromatic rings. The first-order valence-corrected chi connectivity index (χ1v) is 7.03. The number of anilines is 1. The largest absolute Gasteiger partial charge is 0.480 e. The fraction of sp³-hybridized carbons (Fsp3) is 0.400. The maximum atomic E-state index is 11.9. The Morgan fingerprint density at radius 1 is 1.27 bits per heavy atom. The van der Waals surface area contributed by atoms with E-state index < -0.39 is 17.9 Å². The monoisotopic (exact) mass is 307 g/mol. The third kappa shape index (κ3) is 6.25. The predicted molar refractivity (Wildman–Crippen MR) is 82.7 cm³/mol. The number of hydrogen-bond acceptors (Lipinski definition) is 3. The molecule has 0 bridgehead atoms. The van der Waals surface area contributed by atoms with E-state index in [1.807, 2.05) is 26.0 Å². The molecule has 0 unspecified atom stereocenters. The summed E-state index contributed by atoms with van der Waals surface area (Å²) in [6.07, 6.45) is 0.647. The molecule has 0 aliphatic heterocycles. The molecular formula is C15H21N3O4. The Bertz CT molecular complexity index is 545. The number of carboxylic acid groups (broad SMARTS) is 1. The van der Waals surface area contributed by atoms with Crippen LogP contribution in [0.2, 0.25) is 0 Å². The number of carboxylic acids is 1. The summed E-state index contributed by atoms with van der Waals surface area (Å²) < 4.78 is 0. The van der Waals surface area contributed by atoms with E-state index in [0.29, 0.717) is 18.7 Å². The van der Waals surface area contributed by atoms with Crippen molar-refractivity contribution in [2.75, 3.05) is 25.0 Å². The van der Waals surface area contributed by atoms with Gasteiger partial charge < -0.3 is 20.6 Å². The van der Waals surface area contributed by atoms with Crippen LogP contribution in [0.15, 0.2) is 24.3 Å². The van der Waals surface area contributed by atoms with E-state index in [9.17, 15) is 14.4 Å². The Balaban J connectivity index is 2.47. The lowest BCUT2D eigenvalue weighted by Gasteiger charge is -2.20. The van der Waals surface area contributed by atoms with Crippen LogP contribution in [0.3, 0.4) is 0 Å². The number of carbonyl (C=O) groups excluding carboxylic acids is 2. The van der Waals surface area contributed by atoms with Crippen molar-refractivity contribution in [2.45, 2.75) is 20.3 Å². The second kappa shape index (κ2) is 8.66. The van der Waals surface area contributed by atoms with E-state index in [4.69, 9.17) is 5.11 Å². The van der Waals surface area contributed by atoms with Crippen LogP contribution in [-0.4, -0.2) is 47.5 Å². The predicted octanol–water partition coefficient (Wildman–Crippen LogP) is 1.44. The van der Waals surface area contributed by atoms with Crippen LogP contribution in [0.1, 0.15) is 18.9 Å². The molecule has 0 fully saturated rings.